The normalized spacial score (nSPS) is 11.6. The van der Waals surface area contributed by atoms with Crippen LogP contribution in [-0.4, -0.2) is 40.9 Å². The summed E-state index contributed by atoms with van der Waals surface area (Å²) in [5, 5.41) is 1.36. The van der Waals surface area contributed by atoms with Gasteiger partial charge in [-0.25, -0.2) is 19.4 Å². The van der Waals surface area contributed by atoms with Crippen LogP contribution in [0.1, 0.15) is 59.0 Å². The van der Waals surface area contributed by atoms with E-state index in [0.717, 1.165) is 11.3 Å². The molecule has 0 N–H and O–H groups in total. The molecule has 25 heavy (non-hydrogen) atoms. The van der Waals surface area contributed by atoms with Crippen molar-refractivity contribution in [1.82, 2.24) is 4.98 Å². The third-order valence-electron chi connectivity index (χ3n) is 2.32. The Morgan fingerprint density at radius 1 is 1.04 bits per heavy atom. The summed E-state index contributed by atoms with van der Waals surface area (Å²) in [5.74, 6) is -0.640. The summed E-state index contributed by atoms with van der Waals surface area (Å²) in [6.07, 6.45) is -1.88. The van der Waals surface area contributed by atoms with Crippen LogP contribution in [0.3, 0.4) is 0 Å². The van der Waals surface area contributed by atoms with Gasteiger partial charge in [-0.2, -0.15) is 4.90 Å². The number of imide groups is 1. The number of nitrogens with zero attached hydrogens (tertiary/aromatic N) is 2. The average molecular weight is 372 g/mol. The van der Waals surface area contributed by atoms with Crippen molar-refractivity contribution in [3.05, 3.63) is 11.1 Å². The van der Waals surface area contributed by atoms with E-state index >= 15 is 0 Å². The van der Waals surface area contributed by atoms with Crippen molar-refractivity contribution in [3.8, 4) is 0 Å². The number of hydrogen-bond acceptors (Lipinski definition) is 8. The number of rotatable bonds is 3. The van der Waals surface area contributed by atoms with Gasteiger partial charge in [-0.1, -0.05) is 0 Å². The van der Waals surface area contributed by atoms with Gasteiger partial charge in [0.25, 0.3) is 0 Å². The lowest BCUT2D eigenvalue weighted by Gasteiger charge is -2.27. The molecular formula is C16H24N2O6S. The summed E-state index contributed by atoms with van der Waals surface area (Å²) in [6, 6.07) is 0. The minimum atomic E-state index is -0.938. The monoisotopic (exact) mass is 372 g/mol. The molecule has 0 spiro atoms. The molecule has 140 valence electrons. The van der Waals surface area contributed by atoms with Gasteiger partial charge in [0, 0.05) is 5.38 Å². The van der Waals surface area contributed by atoms with Crippen molar-refractivity contribution in [1.29, 1.82) is 0 Å². The lowest BCUT2D eigenvalue weighted by atomic mass is 10.2. The van der Waals surface area contributed by atoms with Gasteiger partial charge >= 0.3 is 18.2 Å². The zero-order valence-corrected chi connectivity index (χ0v) is 16.4. The van der Waals surface area contributed by atoms with Crippen molar-refractivity contribution in [2.24, 2.45) is 0 Å². The Balaban J connectivity index is 3.16. The van der Waals surface area contributed by atoms with Gasteiger partial charge in [-0.15, -0.1) is 11.3 Å². The maximum atomic E-state index is 12.4. The summed E-state index contributed by atoms with van der Waals surface area (Å²) in [6.45, 7) is 11.9. The molecule has 9 heteroatoms. The second-order valence-corrected chi connectivity index (χ2v) is 7.87. The lowest BCUT2D eigenvalue weighted by molar-refractivity contribution is 0.0425. The molecule has 0 saturated heterocycles. The summed E-state index contributed by atoms with van der Waals surface area (Å²) in [7, 11) is 0. The van der Waals surface area contributed by atoms with Gasteiger partial charge < -0.3 is 14.2 Å². The predicted octanol–water partition coefficient (Wildman–Crippen LogP) is 4.00. The van der Waals surface area contributed by atoms with Crippen LogP contribution in [0.5, 0.6) is 0 Å². The van der Waals surface area contributed by atoms with Crippen LogP contribution in [0.15, 0.2) is 5.38 Å². The predicted molar refractivity (Wildman–Crippen MR) is 93.0 cm³/mol. The van der Waals surface area contributed by atoms with Crippen molar-refractivity contribution in [2.45, 2.75) is 59.7 Å². The van der Waals surface area contributed by atoms with Crippen molar-refractivity contribution < 1.29 is 28.6 Å². The number of esters is 1. The summed E-state index contributed by atoms with van der Waals surface area (Å²) >= 11 is 0.933. The molecule has 1 heterocycles. The van der Waals surface area contributed by atoms with E-state index in [1.807, 2.05) is 0 Å². The van der Waals surface area contributed by atoms with Crippen LogP contribution in [0.2, 0.25) is 0 Å². The topological polar surface area (TPSA) is 95.0 Å². The first kappa shape index (κ1) is 20.9. The van der Waals surface area contributed by atoms with E-state index in [1.54, 1.807) is 48.5 Å². The van der Waals surface area contributed by atoms with Crippen LogP contribution in [0.25, 0.3) is 0 Å². The Labute approximate surface area is 151 Å². The fourth-order valence-electron chi connectivity index (χ4n) is 1.51. The first-order valence-corrected chi connectivity index (χ1v) is 8.60. The standard InChI is InChI=1S/C16H24N2O6S/c1-8-22-11(19)10-9-25-12(17-10)18(13(20)23-15(2,3)4)14(21)24-16(5,6)7/h9H,8H2,1-7H3. The number of carbonyl (C=O) groups is 3. The molecule has 0 saturated carbocycles. The number of hydrogen-bond donors (Lipinski definition) is 0. The number of aromatic nitrogens is 1. The molecule has 0 aliphatic rings. The molecule has 0 atom stereocenters. The maximum absolute atomic E-state index is 12.4. The maximum Gasteiger partial charge on any atom is 0.426 e. The fourth-order valence-corrected chi connectivity index (χ4v) is 2.28. The van der Waals surface area contributed by atoms with Gasteiger partial charge in [0.05, 0.1) is 6.61 Å². The Morgan fingerprint density at radius 2 is 1.52 bits per heavy atom. The van der Waals surface area contributed by atoms with Crippen LogP contribution >= 0.6 is 11.3 Å². The second-order valence-electron chi connectivity index (χ2n) is 7.03. The molecule has 8 nitrogen and oxygen atoms in total. The SMILES string of the molecule is CCOC(=O)c1csc(N(C(=O)OC(C)(C)C)C(=O)OC(C)(C)C)n1. The molecule has 0 unspecified atom stereocenters. The lowest BCUT2D eigenvalue weighted by Crippen LogP contribution is -2.43. The molecule has 0 bridgehead atoms. The van der Waals surface area contributed by atoms with Gasteiger partial charge in [0.1, 0.15) is 11.2 Å². The second kappa shape index (κ2) is 7.81. The third-order valence-corrected chi connectivity index (χ3v) is 3.15. The van der Waals surface area contributed by atoms with Crippen molar-refractivity contribution in [2.75, 3.05) is 11.5 Å². The first-order chi connectivity index (χ1) is 11.3. The largest absolute Gasteiger partial charge is 0.461 e. The highest BCUT2D eigenvalue weighted by atomic mass is 32.1. The van der Waals surface area contributed by atoms with E-state index in [2.05, 4.69) is 4.98 Å². The highest BCUT2D eigenvalue weighted by Crippen LogP contribution is 2.25. The molecule has 0 aliphatic heterocycles. The fraction of sp³-hybridized carbons (Fsp3) is 0.625. The van der Waals surface area contributed by atoms with Gasteiger partial charge in [-0.3, -0.25) is 0 Å². The molecule has 1 rings (SSSR count). The van der Waals surface area contributed by atoms with E-state index in [-0.39, 0.29) is 17.4 Å². The number of carbonyl (C=O) groups excluding carboxylic acids is 3. The highest BCUT2D eigenvalue weighted by molar-refractivity contribution is 7.14. The van der Waals surface area contributed by atoms with E-state index in [9.17, 15) is 14.4 Å². The van der Waals surface area contributed by atoms with Gasteiger partial charge in [-0.05, 0) is 48.5 Å². The van der Waals surface area contributed by atoms with Crippen LogP contribution in [-0.2, 0) is 14.2 Å². The van der Waals surface area contributed by atoms with Gasteiger partial charge in [0.15, 0.2) is 5.69 Å². The van der Waals surface area contributed by atoms with Crippen LogP contribution < -0.4 is 4.90 Å². The Kier molecular flexibility index (Phi) is 6.53. The van der Waals surface area contributed by atoms with E-state index in [1.165, 1.54) is 5.38 Å². The summed E-state index contributed by atoms with van der Waals surface area (Å²) in [5.41, 5.74) is -1.64. The Hall–Kier alpha value is -2.16. The molecule has 1 aromatic heterocycles. The zero-order chi connectivity index (χ0) is 19.4. The van der Waals surface area contributed by atoms with E-state index < -0.39 is 29.4 Å². The average Bonchev–Trinajstić information content (AvgIpc) is 2.84. The smallest absolute Gasteiger partial charge is 0.426 e. The molecule has 0 aliphatic carbocycles. The van der Waals surface area contributed by atoms with Crippen LogP contribution in [0, 0.1) is 0 Å². The van der Waals surface area contributed by atoms with E-state index in [4.69, 9.17) is 14.2 Å². The molecule has 0 radical (unpaired) electrons. The van der Waals surface area contributed by atoms with Crippen molar-refractivity contribution >= 4 is 34.6 Å². The molecule has 2 amide bonds. The first-order valence-electron chi connectivity index (χ1n) is 7.73. The molecule has 0 aromatic carbocycles. The summed E-state index contributed by atoms with van der Waals surface area (Å²) in [4.78, 5) is 41.3. The zero-order valence-electron chi connectivity index (χ0n) is 15.5. The number of ether oxygens (including phenoxy) is 3. The highest BCUT2D eigenvalue weighted by Gasteiger charge is 2.35. The minimum Gasteiger partial charge on any atom is -0.461 e. The third kappa shape index (κ3) is 6.69. The number of thiazole rings is 1. The Bertz CT molecular complexity index is 614. The van der Waals surface area contributed by atoms with E-state index in [0.29, 0.717) is 4.90 Å². The minimum absolute atomic E-state index is 0.000956. The van der Waals surface area contributed by atoms with Crippen LogP contribution in [0.4, 0.5) is 14.7 Å². The number of amides is 2. The molecule has 1 aromatic rings. The van der Waals surface area contributed by atoms with Gasteiger partial charge in [0.2, 0.25) is 5.13 Å². The quantitative estimate of drug-likeness (QED) is 0.584. The summed E-state index contributed by atoms with van der Waals surface area (Å²) < 4.78 is 15.3. The molecule has 0 fully saturated rings. The number of anilines is 1. The molecular weight excluding hydrogens is 348 g/mol. The van der Waals surface area contributed by atoms with Crippen molar-refractivity contribution in [3.63, 3.8) is 0 Å². The Morgan fingerprint density at radius 3 is 1.92 bits per heavy atom.